The Balaban J connectivity index is 2.14. The second-order valence-electron chi connectivity index (χ2n) is 4.60. The lowest BCUT2D eigenvalue weighted by Crippen LogP contribution is -1.89. The Labute approximate surface area is 130 Å². The third kappa shape index (κ3) is 4.22. The number of pyridine rings is 1. The highest BCUT2D eigenvalue weighted by molar-refractivity contribution is 5.46. The number of aliphatic hydroxyl groups excluding tert-OH is 1. The molecule has 0 aliphatic heterocycles. The van der Waals surface area contributed by atoms with Crippen molar-refractivity contribution in [3.63, 3.8) is 0 Å². The summed E-state index contributed by atoms with van der Waals surface area (Å²) in [7, 11) is 0. The molecule has 0 amide bonds. The van der Waals surface area contributed by atoms with Crippen LogP contribution in [0.3, 0.4) is 0 Å². The Morgan fingerprint density at radius 3 is 2.27 bits per heavy atom. The number of aliphatic hydroxyl groups is 1. The summed E-state index contributed by atoms with van der Waals surface area (Å²) in [4.78, 5) is 4.06. The molecule has 3 nitrogen and oxygen atoms in total. The highest BCUT2D eigenvalue weighted by atomic mass is 16.2. The van der Waals surface area contributed by atoms with Gasteiger partial charge >= 0.3 is 0 Å². The predicted molar refractivity (Wildman–Crippen MR) is 84.7 cm³/mol. The second-order valence-corrected chi connectivity index (χ2v) is 4.60. The van der Waals surface area contributed by atoms with Crippen molar-refractivity contribution in [3.05, 3.63) is 64.5 Å². The van der Waals surface area contributed by atoms with Crippen molar-refractivity contribution in [1.29, 1.82) is 5.26 Å². The van der Waals surface area contributed by atoms with Gasteiger partial charge < -0.3 is 5.11 Å². The highest BCUT2D eigenvalue weighted by Gasteiger charge is 1.98. The van der Waals surface area contributed by atoms with Crippen LogP contribution in [-0.2, 0) is 0 Å². The van der Waals surface area contributed by atoms with E-state index >= 15 is 0 Å². The molecule has 1 N–H and O–H groups in total. The van der Waals surface area contributed by atoms with Crippen molar-refractivity contribution in [2.75, 3.05) is 6.61 Å². The molecule has 0 saturated carbocycles. The summed E-state index contributed by atoms with van der Waals surface area (Å²) in [6.07, 6.45) is 2.08. The standard InChI is InChI=1S/C19H14N2O/c1-15-12-18(14-21-19(15)13-20)10-9-17-7-5-16(6-8-17)4-2-3-11-22/h5-8,12,14,22H,3,11H2,1H3. The van der Waals surface area contributed by atoms with Crippen molar-refractivity contribution in [2.24, 2.45) is 0 Å². The van der Waals surface area contributed by atoms with Crippen LogP contribution in [0.2, 0.25) is 0 Å². The lowest BCUT2D eigenvalue weighted by molar-refractivity contribution is 0.305. The largest absolute Gasteiger partial charge is 0.395 e. The maximum absolute atomic E-state index is 8.85. The number of nitriles is 1. The molecule has 2 aromatic rings. The van der Waals surface area contributed by atoms with E-state index in [-0.39, 0.29) is 6.61 Å². The molecule has 0 aliphatic rings. The molecule has 0 aliphatic carbocycles. The molecule has 106 valence electrons. The van der Waals surface area contributed by atoms with Gasteiger partial charge in [0.05, 0.1) is 6.61 Å². The minimum atomic E-state index is 0.0780. The highest BCUT2D eigenvalue weighted by Crippen LogP contribution is 2.06. The fraction of sp³-hybridized carbons (Fsp3) is 0.158. The number of hydrogen-bond acceptors (Lipinski definition) is 3. The van der Waals surface area contributed by atoms with Crippen LogP contribution >= 0.6 is 0 Å². The number of aromatic nitrogens is 1. The van der Waals surface area contributed by atoms with Gasteiger partial charge in [-0.3, -0.25) is 0 Å². The molecule has 0 bridgehead atoms. The van der Waals surface area contributed by atoms with E-state index in [0.29, 0.717) is 12.1 Å². The van der Waals surface area contributed by atoms with E-state index in [4.69, 9.17) is 10.4 Å². The molecular weight excluding hydrogens is 272 g/mol. The fourth-order valence-corrected chi connectivity index (χ4v) is 1.76. The molecule has 1 aromatic carbocycles. The van der Waals surface area contributed by atoms with Crippen LogP contribution in [0.15, 0.2) is 36.5 Å². The summed E-state index contributed by atoms with van der Waals surface area (Å²) in [6.45, 7) is 1.92. The van der Waals surface area contributed by atoms with Crippen LogP contribution in [0.1, 0.15) is 34.4 Å². The van der Waals surface area contributed by atoms with Gasteiger partial charge in [-0.05, 0) is 42.8 Å². The zero-order valence-corrected chi connectivity index (χ0v) is 12.2. The van der Waals surface area contributed by atoms with E-state index < -0.39 is 0 Å². The predicted octanol–water partition coefficient (Wildman–Crippen LogP) is 2.40. The van der Waals surface area contributed by atoms with E-state index in [1.807, 2.05) is 43.3 Å². The molecule has 22 heavy (non-hydrogen) atoms. The van der Waals surface area contributed by atoms with E-state index in [9.17, 15) is 0 Å². The Hall–Kier alpha value is -3.06. The molecule has 3 heteroatoms. The number of aryl methyl sites for hydroxylation is 1. The zero-order valence-electron chi connectivity index (χ0n) is 12.2. The van der Waals surface area contributed by atoms with Gasteiger partial charge in [0.25, 0.3) is 0 Å². The van der Waals surface area contributed by atoms with Gasteiger partial charge in [0.1, 0.15) is 11.8 Å². The van der Waals surface area contributed by atoms with Gasteiger partial charge in [-0.15, -0.1) is 0 Å². The van der Waals surface area contributed by atoms with Crippen LogP contribution in [0, 0.1) is 41.9 Å². The monoisotopic (exact) mass is 286 g/mol. The van der Waals surface area contributed by atoms with Gasteiger partial charge in [-0.1, -0.05) is 23.7 Å². The third-order valence-corrected chi connectivity index (χ3v) is 2.89. The summed E-state index contributed by atoms with van der Waals surface area (Å²) >= 11 is 0. The van der Waals surface area contributed by atoms with Crippen molar-refractivity contribution in [2.45, 2.75) is 13.3 Å². The van der Waals surface area contributed by atoms with Crippen LogP contribution < -0.4 is 0 Å². The fourth-order valence-electron chi connectivity index (χ4n) is 1.76. The van der Waals surface area contributed by atoms with E-state index in [2.05, 4.69) is 28.7 Å². The molecule has 0 atom stereocenters. The Bertz CT molecular complexity index is 822. The Morgan fingerprint density at radius 1 is 1.05 bits per heavy atom. The normalized spacial score (nSPS) is 8.95. The SMILES string of the molecule is Cc1cc(C#Cc2ccc(C#CCCO)cc2)cnc1C#N. The summed E-state index contributed by atoms with van der Waals surface area (Å²) in [5, 5.41) is 17.5. The molecule has 0 unspecified atom stereocenters. The van der Waals surface area contributed by atoms with Crippen molar-refractivity contribution >= 4 is 0 Å². The molecule has 0 spiro atoms. The van der Waals surface area contributed by atoms with Crippen molar-refractivity contribution < 1.29 is 5.11 Å². The van der Waals surface area contributed by atoms with Gasteiger partial charge in [0.15, 0.2) is 0 Å². The summed E-state index contributed by atoms with van der Waals surface area (Å²) < 4.78 is 0. The minimum absolute atomic E-state index is 0.0780. The zero-order chi connectivity index (χ0) is 15.8. The first kappa shape index (κ1) is 15.3. The summed E-state index contributed by atoms with van der Waals surface area (Å²) in [6, 6.07) is 11.5. The summed E-state index contributed by atoms with van der Waals surface area (Å²) in [5.41, 5.74) is 3.81. The van der Waals surface area contributed by atoms with Crippen LogP contribution in [-0.4, -0.2) is 16.7 Å². The van der Waals surface area contributed by atoms with Crippen molar-refractivity contribution in [1.82, 2.24) is 4.98 Å². The first-order valence-corrected chi connectivity index (χ1v) is 6.81. The van der Waals surface area contributed by atoms with Crippen LogP contribution in [0.25, 0.3) is 0 Å². The van der Waals surface area contributed by atoms with Gasteiger partial charge in [0.2, 0.25) is 0 Å². The smallest absolute Gasteiger partial charge is 0.143 e. The van der Waals surface area contributed by atoms with Gasteiger partial charge in [-0.25, -0.2) is 4.98 Å². The average Bonchev–Trinajstić information content (AvgIpc) is 2.54. The lowest BCUT2D eigenvalue weighted by atomic mass is 10.1. The Kier molecular flexibility index (Phi) is 5.33. The molecule has 0 fully saturated rings. The second kappa shape index (κ2) is 7.65. The molecule has 1 aromatic heterocycles. The van der Waals surface area contributed by atoms with E-state index in [1.165, 1.54) is 0 Å². The van der Waals surface area contributed by atoms with Gasteiger partial charge in [-0.2, -0.15) is 5.26 Å². The molecule has 2 rings (SSSR count). The quantitative estimate of drug-likeness (QED) is 0.819. The molecule has 0 saturated heterocycles. The summed E-state index contributed by atoms with van der Waals surface area (Å²) in [5.74, 6) is 11.9. The Morgan fingerprint density at radius 2 is 1.68 bits per heavy atom. The maximum atomic E-state index is 8.85. The molecule has 1 heterocycles. The third-order valence-electron chi connectivity index (χ3n) is 2.89. The van der Waals surface area contributed by atoms with Gasteiger partial charge in [0, 0.05) is 29.3 Å². The minimum Gasteiger partial charge on any atom is -0.395 e. The number of nitrogens with zero attached hydrogens (tertiary/aromatic N) is 2. The van der Waals surface area contributed by atoms with Crippen molar-refractivity contribution in [3.8, 4) is 29.8 Å². The average molecular weight is 286 g/mol. The first-order chi connectivity index (χ1) is 10.7. The maximum Gasteiger partial charge on any atom is 0.143 e. The van der Waals surface area contributed by atoms with E-state index in [1.54, 1.807) is 6.20 Å². The molecule has 0 radical (unpaired) electrons. The van der Waals surface area contributed by atoms with E-state index in [0.717, 1.165) is 22.3 Å². The number of benzene rings is 1. The van der Waals surface area contributed by atoms with Crippen LogP contribution in [0.4, 0.5) is 0 Å². The first-order valence-electron chi connectivity index (χ1n) is 6.81. The number of hydrogen-bond donors (Lipinski definition) is 1. The lowest BCUT2D eigenvalue weighted by Gasteiger charge is -1.96. The van der Waals surface area contributed by atoms with Crippen LogP contribution in [0.5, 0.6) is 0 Å². The molecular formula is C19H14N2O. The topological polar surface area (TPSA) is 56.9 Å². The number of rotatable bonds is 1.